The van der Waals surface area contributed by atoms with Crippen molar-refractivity contribution in [3.8, 4) is 5.75 Å². The van der Waals surface area contributed by atoms with Gasteiger partial charge in [-0.1, -0.05) is 19.1 Å². The number of carbonyl (C=O) groups is 1. The van der Waals surface area contributed by atoms with Gasteiger partial charge in [-0.2, -0.15) is 0 Å². The van der Waals surface area contributed by atoms with Gasteiger partial charge in [-0.15, -0.1) is 10.2 Å². The fraction of sp³-hybridized carbons (Fsp3) is 0.353. The Morgan fingerprint density at radius 3 is 2.48 bits per heavy atom. The number of nitrogens with one attached hydrogen (secondary N) is 2. The number of nitrogens with zero attached hydrogens (tertiary/aromatic N) is 2. The summed E-state index contributed by atoms with van der Waals surface area (Å²) < 4.78 is 5.12. The SMILES string of the molecule is CCC(C)NC(=O)c1ccc(NCc2ccc(OC)cc2)nn1. The molecule has 1 amide bonds. The third-order valence-corrected chi connectivity index (χ3v) is 3.52. The molecule has 1 atom stereocenters. The maximum absolute atomic E-state index is 11.9. The van der Waals surface area contributed by atoms with Crippen molar-refractivity contribution < 1.29 is 9.53 Å². The van der Waals surface area contributed by atoms with Crippen LogP contribution in [0.15, 0.2) is 36.4 Å². The smallest absolute Gasteiger partial charge is 0.272 e. The molecule has 0 aliphatic heterocycles. The van der Waals surface area contributed by atoms with Crippen molar-refractivity contribution in [2.45, 2.75) is 32.9 Å². The molecule has 6 nitrogen and oxygen atoms in total. The van der Waals surface area contributed by atoms with Crippen LogP contribution in [-0.2, 0) is 6.54 Å². The van der Waals surface area contributed by atoms with Crippen LogP contribution in [0, 0.1) is 0 Å². The molecule has 0 aliphatic rings. The van der Waals surface area contributed by atoms with Gasteiger partial charge < -0.3 is 15.4 Å². The fourth-order valence-corrected chi connectivity index (χ4v) is 1.88. The molecule has 0 spiro atoms. The highest BCUT2D eigenvalue weighted by Crippen LogP contribution is 2.12. The number of amides is 1. The largest absolute Gasteiger partial charge is 0.497 e. The predicted molar refractivity (Wildman–Crippen MR) is 89.6 cm³/mol. The van der Waals surface area contributed by atoms with Crippen LogP contribution in [0.25, 0.3) is 0 Å². The third kappa shape index (κ3) is 4.95. The van der Waals surface area contributed by atoms with Gasteiger partial charge in [0.05, 0.1) is 7.11 Å². The summed E-state index contributed by atoms with van der Waals surface area (Å²) >= 11 is 0. The Morgan fingerprint density at radius 1 is 1.17 bits per heavy atom. The first kappa shape index (κ1) is 16.7. The van der Waals surface area contributed by atoms with E-state index < -0.39 is 0 Å². The third-order valence-electron chi connectivity index (χ3n) is 3.52. The van der Waals surface area contributed by atoms with Crippen LogP contribution in [0.2, 0.25) is 0 Å². The number of rotatable bonds is 7. The number of carbonyl (C=O) groups excluding carboxylic acids is 1. The first-order valence-corrected chi connectivity index (χ1v) is 7.63. The predicted octanol–water partition coefficient (Wildman–Crippen LogP) is 2.63. The van der Waals surface area contributed by atoms with Gasteiger partial charge in [0, 0.05) is 12.6 Å². The normalized spacial score (nSPS) is 11.6. The summed E-state index contributed by atoms with van der Waals surface area (Å²) in [6.45, 7) is 4.59. The lowest BCUT2D eigenvalue weighted by atomic mass is 10.2. The summed E-state index contributed by atoms with van der Waals surface area (Å²) in [6, 6.07) is 11.3. The summed E-state index contributed by atoms with van der Waals surface area (Å²) in [5.41, 5.74) is 1.42. The van der Waals surface area contributed by atoms with Gasteiger partial charge >= 0.3 is 0 Å². The van der Waals surface area contributed by atoms with Crippen molar-refractivity contribution >= 4 is 11.7 Å². The summed E-state index contributed by atoms with van der Waals surface area (Å²) in [5.74, 6) is 1.25. The maximum Gasteiger partial charge on any atom is 0.272 e. The van der Waals surface area contributed by atoms with Gasteiger partial charge in [-0.25, -0.2) is 0 Å². The average molecular weight is 314 g/mol. The van der Waals surface area contributed by atoms with Gasteiger partial charge in [0.15, 0.2) is 5.69 Å². The van der Waals surface area contributed by atoms with E-state index in [1.165, 1.54) is 0 Å². The number of hydrogen-bond acceptors (Lipinski definition) is 5. The molecule has 122 valence electrons. The van der Waals surface area contributed by atoms with Crippen LogP contribution < -0.4 is 15.4 Å². The number of anilines is 1. The number of hydrogen-bond donors (Lipinski definition) is 2. The molecule has 1 aromatic heterocycles. The molecule has 0 saturated heterocycles. The first-order valence-electron chi connectivity index (χ1n) is 7.63. The van der Waals surface area contributed by atoms with E-state index in [2.05, 4.69) is 20.8 Å². The van der Waals surface area contributed by atoms with E-state index in [1.54, 1.807) is 19.2 Å². The molecule has 0 bridgehead atoms. The minimum atomic E-state index is -0.200. The molecule has 1 heterocycles. The number of methoxy groups -OCH3 is 1. The highest BCUT2D eigenvalue weighted by atomic mass is 16.5. The number of benzene rings is 1. The van der Waals surface area contributed by atoms with Crippen LogP contribution in [0.1, 0.15) is 36.3 Å². The molecule has 0 saturated carbocycles. The minimum absolute atomic E-state index is 0.122. The molecule has 0 radical (unpaired) electrons. The Labute approximate surface area is 136 Å². The molecule has 6 heteroatoms. The Hall–Kier alpha value is -2.63. The molecule has 2 rings (SSSR count). The van der Waals surface area contributed by atoms with E-state index in [9.17, 15) is 4.79 Å². The number of aromatic nitrogens is 2. The molecule has 1 aromatic carbocycles. The Morgan fingerprint density at radius 2 is 1.91 bits per heavy atom. The average Bonchev–Trinajstić information content (AvgIpc) is 2.60. The van der Waals surface area contributed by atoms with Gasteiger partial charge in [-0.05, 0) is 43.2 Å². The van der Waals surface area contributed by atoms with E-state index in [-0.39, 0.29) is 11.9 Å². The summed E-state index contributed by atoms with van der Waals surface area (Å²) in [6.07, 6.45) is 0.876. The van der Waals surface area contributed by atoms with Crippen molar-refractivity contribution in [2.24, 2.45) is 0 Å². The molecule has 1 unspecified atom stereocenters. The molecule has 2 aromatic rings. The zero-order chi connectivity index (χ0) is 16.7. The quantitative estimate of drug-likeness (QED) is 0.821. The van der Waals surface area contributed by atoms with Crippen molar-refractivity contribution in [1.82, 2.24) is 15.5 Å². The van der Waals surface area contributed by atoms with Crippen LogP contribution in [-0.4, -0.2) is 29.3 Å². The topological polar surface area (TPSA) is 76.1 Å². The van der Waals surface area contributed by atoms with Gasteiger partial charge in [-0.3, -0.25) is 4.79 Å². The maximum atomic E-state index is 11.9. The van der Waals surface area contributed by atoms with Crippen LogP contribution in [0.4, 0.5) is 5.82 Å². The zero-order valence-electron chi connectivity index (χ0n) is 13.7. The highest BCUT2D eigenvalue weighted by Gasteiger charge is 2.10. The Kier molecular flexibility index (Phi) is 5.91. The standard InChI is InChI=1S/C17H22N4O2/c1-4-12(2)19-17(22)15-9-10-16(21-20-15)18-11-13-5-7-14(23-3)8-6-13/h5-10,12H,4,11H2,1-3H3,(H,18,21)(H,19,22). The second kappa shape index (κ2) is 8.12. The van der Waals surface area contributed by atoms with Crippen molar-refractivity contribution in [3.05, 3.63) is 47.7 Å². The molecule has 23 heavy (non-hydrogen) atoms. The molecular weight excluding hydrogens is 292 g/mol. The van der Waals surface area contributed by atoms with Gasteiger partial charge in [0.1, 0.15) is 11.6 Å². The monoisotopic (exact) mass is 314 g/mol. The molecule has 0 aliphatic carbocycles. The van der Waals surface area contributed by atoms with Crippen LogP contribution in [0.3, 0.4) is 0 Å². The van der Waals surface area contributed by atoms with Crippen molar-refractivity contribution in [1.29, 1.82) is 0 Å². The van der Waals surface area contributed by atoms with E-state index in [1.807, 2.05) is 38.1 Å². The van der Waals surface area contributed by atoms with Crippen molar-refractivity contribution in [2.75, 3.05) is 12.4 Å². The van der Waals surface area contributed by atoms with E-state index in [4.69, 9.17) is 4.74 Å². The lowest BCUT2D eigenvalue weighted by Gasteiger charge is -2.10. The summed E-state index contributed by atoms with van der Waals surface area (Å²) in [7, 11) is 1.64. The second-order valence-electron chi connectivity index (χ2n) is 5.29. The zero-order valence-corrected chi connectivity index (χ0v) is 13.7. The van der Waals surface area contributed by atoms with Gasteiger partial charge in [0.25, 0.3) is 5.91 Å². The van der Waals surface area contributed by atoms with Crippen LogP contribution in [0.5, 0.6) is 5.75 Å². The first-order chi connectivity index (χ1) is 11.1. The van der Waals surface area contributed by atoms with E-state index >= 15 is 0 Å². The Balaban J connectivity index is 1.90. The molecular formula is C17H22N4O2. The number of ether oxygens (including phenoxy) is 1. The molecule has 2 N–H and O–H groups in total. The Bertz CT molecular complexity index is 626. The lowest BCUT2D eigenvalue weighted by Crippen LogP contribution is -2.32. The van der Waals surface area contributed by atoms with E-state index in [0.29, 0.717) is 18.1 Å². The van der Waals surface area contributed by atoms with Crippen LogP contribution >= 0.6 is 0 Å². The van der Waals surface area contributed by atoms with E-state index in [0.717, 1.165) is 17.7 Å². The lowest BCUT2D eigenvalue weighted by molar-refractivity contribution is 0.0933. The van der Waals surface area contributed by atoms with Crippen molar-refractivity contribution in [3.63, 3.8) is 0 Å². The summed E-state index contributed by atoms with van der Waals surface area (Å²) in [4.78, 5) is 11.9. The molecule has 0 fully saturated rings. The summed E-state index contributed by atoms with van der Waals surface area (Å²) in [5, 5.41) is 14.0. The second-order valence-corrected chi connectivity index (χ2v) is 5.29. The minimum Gasteiger partial charge on any atom is -0.497 e. The highest BCUT2D eigenvalue weighted by molar-refractivity contribution is 5.92. The van der Waals surface area contributed by atoms with Gasteiger partial charge in [0.2, 0.25) is 0 Å². The fourth-order valence-electron chi connectivity index (χ4n) is 1.88.